The Kier molecular flexibility index (Phi) is 7.12. The van der Waals surface area contributed by atoms with Crippen LogP contribution in [0.4, 0.5) is 0 Å². The number of rotatable bonds is 4. The van der Waals surface area contributed by atoms with Crippen LogP contribution in [0, 0.1) is 56.7 Å². The van der Waals surface area contributed by atoms with Crippen LogP contribution in [0.15, 0.2) is 11.6 Å². The third-order valence-corrected chi connectivity index (χ3v) is 15.1. The van der Waals surface area contributed by atoms with Gasteiger partial charge in [0.25, 0.3) is 0 Å². The van der Waals surface area contributed by atoms with Gasteiger partial charge in [-0.25, -0.2) is 0 Å². The van der Waals surface area contributed by atoms with Gasteiger partial charge in [0.15, 0.2) is 0 Å². The largest absolute Gasteiger partial charge is 0.463 e. The molecule has 6 rings (SSSR count). The van der Waals surface area contributed by atoms with E-state index >= 15 is 0 Å². The molecule has 41 heavy (non-hydrogen) atoms. The van der Waals surface area contributed by atoms with Crippen LogP contribution in [0.1, 0.15) is 119 Å². The normalized spacial score (nSPS) is 48.8. The van der Waals surface area contributed by atoms with Crippen molar-refractivity contribution in [3.8, 4) is 0 Å². The first kappa shape index (κ1) is 29.7. The Labute approximate surface area is 249 Å². The molecule has 0 spiro atoms. The average molecular weight is 568 g/mol. The average Bonchev–Trinajstić information content (AvgIpc) is 3.33. The maximum atomic E-state index is 14.2. The van der Waals surface area contributed by atoms with Crippen molar-refractivity contribution >= 4 is 11.9 Å². The van der Waals surface area contributed by atoms with Gasteiger partial charge in [0.2, 0.25) is 5.91 Å². The molecule has 5 aliphatic carbocycles. The molecule has 10 atom stereocenters. The van der Waals surface area contributed by atoms with Gasteiger partial charge >= 0.3 is 5.97 Å². The number of esters is 1. The molecule has 0 radical (unpaired) electrons. The second-order valence-corrected chi connectivity index (χ2v) is 16.8. The third kappa shape index (κ3) is 4.02. The number of hydrogen-bond acceptors (Lipinski definition) is 4. The molecule has 5 fully saturated rings. The van der Waals surface area contributed by atoms with Gasteiger partial charge in [-0.2, -0.15) is 0 Å². The van der Waals surface area contributed by atoms with Crippen LogP contribution in [-0.4, -0.2) is 47.7 Å². The Morgan fingerprint density at radius 3 is 2.46 bits per heavy atom. The van der Waals surface area contributed by atoms with Crippen molar-refractivity contribution in [2.24, 2.45) is 56.7 Å². The lowest BCUT2D eigenvalue weighted by Gasteiger charge is -2.71. The number of ether oxygens (including phenoxy) is 1. The highest BCUT2D eigenvalue weighted by atomic mass is 16.5. The van der Waals surface area contributed by atoms with Crippen molar-refractivity contribution in [1.29, 1.82) is 0 Å². The summed E-state index contributed by atoms with van der Waals surface area (Å²) in [6.07, 6.45) is 13.5. The highest BCUT2D eigenvalue weighted by Crippen LogP contribution is 2.75. The Balaban J connectivity index is 1.32. The number of allylic oxidation sites excluding steroid dienone is 2. The van der Waals surface area contributed by atoms with Gasteiger partial charge in [0.05, 0.1) is 18.1 Å². The molecule has 0 aromatic carbocycles. The minimum atomic E-state index is -0.437. The van der Waals surface area contributed by atoms with Gasteiger partial charge in [-0.3, -0.25) is 9.59 Å². The molecular formula is C36H57NO4. The molecule has 4 saturated carbocycles. The fraction of sp³-hybridized carbons (Fsp3) is 0.889. The van der Waals surface area contributed by atoms with Crippen LogP contribution >= 0.6 is 0 Å². The summed E-state index contributed by atoms with van der Waals surface area (Å²) in [5.74, 6) is 2.61. The summed E-state index contributed by atoms with van der Waals surface area (Å²) >= 11 is 0. The van der Waals surface area contributed by atoms with E-state index in [0.29, 0.717) is 43.2 Å². The van der Waals surface area contributed by atoms with Gasteiger partial charge in [0.1, 0.15) is 6.61 Å². The van der Waals surface area contributed by atoms with Crippen molar-refractivity contribution in [2.45, 2.75) is 125 Å². The van der Waals surface area contributed by atoms with Crippen molar-refractivity contribution in [3.63, 3.8) is 0 Å². The van der Waals surface area contributed by atoms with Gasteiger partial charge in [0, 0.05) is 13.0 Å². The summed E-state index contributed by atoms with van der Waals surface area (Å²) in [4.78, 5) is 28.2. The second-order valence-electron chi connectivity index (χ2n) is 16.8. The highest BCUT2D eigenvalue weighted by molar-refractivity contribution is 5.79. The standard InChI is InChI=1S/C36H57NO4/c1-23-12-17-36(31(40)41-22-21-37-20-8-9-29(37)39)19-18-34(6)25(30(36)24(23)2)10-11-27-33(5)15-14-28(38)32(3,4)26(33)13-16-35(27,34)7/h10,23-24,26-28,30,38H,8-9,11-22H2,1-7H3/t23-,24+,26+,27-,28+,30+,33+,34-,35-,36+/m1/s1. The molecule has 1 N–H and O–H groups in total. The lowest BCUT2D eigenvalue weighted by molar-refractivity contribution is -0.207. The summed E-state index contributed by atoms with van der Waals surface area (Å²) in [5.41, 5.74) is 1.59. The number of carbonyl (C=O) groups is 2. The van der Waals surface area contributed by atoms with E-state index in [0.717, 1.165) is 57.9 Å². The van der Waals surface area contributed by atoms with Crippen LogP contribution in [0.3, 0.4) is 0 Å². The lowest BCUT2D eigenvalue weighted by Crippen LogP contribution is -2.65. The minimum Gasteiger partial charge on any atom is -0.463 e. The van der Waals surface area contributed by atoms with E-state index in [1.165, 1.54) is 12.8 Å². The van der Waals surface area contributed by atoms with Crippen molar-refractivity contribution < 1.29 is 19.4 Å². The number of likely N-dealkylation sites (tertiary alicyclic amines) is 1. The van der Waals surface area contributed by atoms with Crippen LogP contribution in [0.25, 0.3) is 0 Å². The third-order valence-electron chi connectivity index (χ3n) is 15.1. The summed E-state index contributed by atoms with van der Waals surface area (Å²) < 4.78 is 6.12. The molecule has 6 aliphatic rings. The van der Waals surface area contributed by atoms with Crippen LogP contribution in [0.2, 0.25) is 0 Å². The maximum absolute atomic E-state index is 14.2. The van der Waals surface area contributed by atoms with E-state index in [-0.39, 0.29) is 45.6 Å². The number of aliphatic hydroxyl groups excluding tert-OH is 1. The van der Waals surface area contributed by atoms with Crippen LogP contribution in [0.5, 0.6) is 0 Å². The summed E-state index contributed by atoms with van der Waals surface area (Å²) in [5, 5.41) is 11.0. The Bertz CT molecular complexity index is 1110. The molecule has 0 unspecified atom stereocenters. The Hall–Kier alpha value is -1.36. The predicted octanol–water partition coefficient (Wildman–Crippen LogP) is 7.17. The topological polar surface area (TPSA) is 66.8 Å². The molecule has 1 amide bonds. The molecule has 5 nitrogen and oxygen atoms in total. The summed E-state index contributed by atoms with van der Waals surface area (Å²) in [6.45, 7) is 18.8. The van der Waals surface area contributed by atoms with Gasteiger partial charge in [-0.05, 0) is 115 Å². The van der Waals surface area contributed by atoms with E-state index in [1.807, 2.05) is 4.90 Å². The van der Waals surface area contributed by atoms with Crippen molar-refractivity contribution in [3.05, 3.63) is 11.6 Å². The first-order chi connectivity index (χ1) is 19.2. The Morgan fingerprint density at radius 2 is 1.76 bits per heavy atom. The first-order valence-electron chi connectivity index (χ1n) is 17.1. The number of amides is 1. The zero-order valence-electron chi connectivity index (χ0n) is 27.1. The quantitative estimate of drug-likeness (QED) is 0.289. The zero-order valence-corrected chi connectivity index (χ0v) is 27.1. The van der Waals surface area contributed by atoms with Crippen LogP contribution in [-0.2, 0) is 14.3 Å². The van der Waals surface area contributed by atoms with Crippen molar-refractivity contribution in [1.82, 2.24) is 4.90 Å². The smallest absolute Gasteiger partial charge is 0.312 e. The molecule has 5 heteroatoms. The second kappa shape index (κ2) is 9.83. The van der Waals surface area contributed by atoms with E-state index in [2.05, 4.69) is 54.5 Å². The van der Waals surface area contributed by atoms with E-state index < -0.39 is 5.41 Å². The van der Waals surface area contributed by atoms with Gasteiger partial charge in [-0.15, -0.1) is 0 Å². The number of aliphatic hydroxyl groups is 1. The summed E-state index contributed by atoms with van der Waals surface area (Å²) in [7, 11) is 0. The van der Waals surface area contributed by atoms with Crippen molar-refractivity contribution in [2.75, 3.05) is 19.7 Å². The summed E-state index contributed by atoms with van der Waals surface area (Å²) in [6, 6.07) is 0. The molecule has 0 bridgehead atoms. The first-order valence-corrected chi connectivity index (χ1v) is 17.1. The molecule has 0 aromatic rings. The number of hydrogen-bond donors (Lipinski definition) is 1. The molecule has 230 valence electrons. The minimum absolute atomic E-state index is 0.00168. The number of fused-ring (bicyclic) bond motifs is 7. The SMILES string of the molecule is C[C@H]1[C@H](C)CC[C@]2(C(=O)OCCN3CCCC3=O)CC[C@]3(C)C(=CC[C@@H]4[C@@]5(C)CC[C@H](O)C(C)(C)[C@@H]5CC[C@]43C)[C@H]12. The van der Waals surface area contributed by atoms with Gasteiger partial charge in [-0.1, -0.05) is 60.1 Å². The van der Waals surface area contributed by atoms with Crippen LogP contribution < -0.4 is 0 Å². The van der Waals surface area contributed by atoms with E-state index in [9.17, 15) is 14.7 Å². The monoisotopic (exact) mass is 567 g/mol. The number of nitrogens with zero attached hydrogens (tertiary/aromatic N) is 1. The molecule has 0 aromatic heterocycles. The molecule has 1 heterocycles. The van der Waals surface area contributed by atoms with E-state index in [1.54, 1.807) is 5.57 Å². The van der Waals surface area contributed by atoms with E-state index in [4.69, 9.17) is 4.74 Å². The lowest BCUT2D eigenvalue weighted by atomic mass is 9.33. The molecule has 1 saturated heterocycles. The molecule has 1 aliphatic heterocycles. The fourth-order valence-corrected chi connectivity index (χ4v) is 12.2. The number of carbonyl (C=O) groups excluding carboxylic acids is 2. The van der Waals surface area contributed by atoms with Gasteiger partial charge < -0.3 is 14.7 Å². The zero-order chi connectivity index (χ0) is 29.6. The fourth-order valence-electron chi connectivity index (χ4n) is 12.2. The maximum Gasteiger partial charge on any atom is 0.312 e. The highest BCUT2D eigenvalue weighted by Gasteiger charge is 2.69. The Morgan fingerprint density at radius 1 is 1.00 bits per heavy atom. The molecular weight excluding hydrogens is 510 g/mol. The predicted molar refractivity (Wildman–Crippen MR) is 162 cm³/mol.